The second kappa shape index (κ2) is 5.83. The molecule has 2 aliphatic rings. The Labute approximate surface area is 129 Å². The highest BCUT2D eigenvalue weighted by Gasteiger charge is 2.30. The molecule has 0 spiro atoms. The number of carbonyl (C=O) groups is 1. The van der Waals surface area contributed by atoms with Crippen molar-refractivity contribution in [2.45, 2.75) is 38.0 Å². The Morgan fingerprint density at radius 2 is 2.05 bits per heavy atom. The van der Waals surface area contributed by atoms with Crippen molar-refractivity contribution in [1.82, 2.24) is 14.9 Å². The van der Waals surface area contributed by atoms with Gasteiger partial charge >= 0.3 is 0 Å². The monoisotopic (exact) mass is 325 g/mol. The first-order valence-corrected chi connectivity index (χ1v) is 9.10. The Morgan fingerprint density at radius 3 is 2.59 bits per heavy atom. The molecule has 0 bridgehead atoms. The van der Waals surface area contributed by atoms with E-state index in [0.717, 1.165) is 37.8 Å². The number of amides is 1. The maximum absolute atomic E-state index is 12.1. The van der Waals surface area contributed by atoms with Gasteiger partial charge in [0.15, 0.2) is 5.69 Å². The number of hydrogen-bond acceptors (Lipinski definition) is 6. The molecule has 8 heteroatoms. The molecule has 1 heterocycles. The summed E-state index contributed by atoms with van der Waals surface area (Å²) in [4.78, 5) is 12.1. The van der Waals surface area contributed by atoms with Crippen LogP contribution in [0.5, 0.6) is 5.75 Å². The summed E-state index contributed by atoms with van der Waals surface area (Å²) in [6, 6.07) is 1.45. The van der Waals surface area contributed by atoms with Gasteiger partial charge < -0.3 is 4.74 Å². The lowest BCUT2D eigenvalue weighted by atomic mass is 9.87. The van der Waals surface area contributed by atoms with Crippen LogP contribution in [0.3, 0.4) is 0 Å². The van der Waals surface area contributed by atoms with Crippen molar-refractivity contribution in [2.24, 2.45) is 5.92 Å². The fourth-order valence-corrected chi connectivity index (χ4v) is 3.93. The molecule has 2 saturated carbocycles. The number of nitrogens with zero attached hydrogens (tertiary/aromatic N) is 2. The molecule has 22 heavy (non-hydrogen) atoms. The second-order valence-corrected chi connectivity index (χ2v) is 7.73. The van der Waals surface area contributed by atoms with E-state index in [0.29, 0.717) is 11.7 Å². The minimum Gasteiger partial charge on any atom is -0.495 e. The largest absolute Gasteiger partial charge is 0.495 e. The quantitative estimate of drug-likeness (QED) is 0.844. The topological polar surface area (TPSA) is 98.2 Å². The number of rotatable bonds is 6. The summed E-state index contributed by atoms with van der Waals surface area (Å²) in [7, 11) is -2.13. The van der Waals surface area contributed by atoms with Gasteiger partial charge in [0.25, 0.3) is 5.91 Å². The van der Waals surface area contributed by atoms with Crippen LogP contribution in [-0.4, -0.2) is 37.4 Å². The lowest BCUT2D eigenvalue weighted by molar-refractivity contribution is 0.0974. The summed E-state index contributed by atoms with van der Waals surface area (Å²) in [6.07, 6.45) is 4.93. The van der Waals surface area contributed by atoms with Crippen LogP contribution in [-0.2, 0) is 10.0 Å². The molecule has 0 saturated heterocycles. The van der Waals surface area contributed by atoms with Gasteiger partial charge in [-0.1, -0.05) is 6.42 Å². The predicted molar refractivity (Wildman–Crippen MR) is 79.2 cm³/mol. The molecular formula is C14H19N3O4S. The molecule has 0 atom stereocenters. The average molecular weight is 325 g/mol. The van der Waals surface area contributed by atoms with Crippen LogP contribution < -0.4 is 9.46 Å². The van der Waals surface area contributed by atoms with Crippen molar-refractivity contribution in [3.8, 4) is 5.75 Å². The van der Waals surface area contributed by atoms with Crippen LogP contribution >= 0.6 is 0 Å². The SMILES string of the molecule is COc1cc(C(=O)NS(=O)(=O)CC2CCC2)nnc1C1CC1. The highest BCUT2D eigenvalue weighted by atomic mass is 32.2. The van der Waals surface area contributed by atoms with E-state index in [1.807, 2.05) is 0 Å². The fraction of sp³-hybridized carbons (Fsp3) is 0.643. The highest BCUT2D eigenvalue weighted by Crippen LogP contribution is 2.42. The van der Waals surface area contributed by atoms with E-state index >= 15 is 0 Å². The standard InChI is InChI=1S/C14H19N3O4S/c1-21-12-7-11(15-16-13(12)10-5-6-10)14(18)17-22(19,20)8-9-3-2-4-9/h7,9-10H,2-6,8H2,1H3,(H,17,18). The molecule has 1 N–H and O–H groups in total. The van der Waals surface area contributed by atoms with Crippen molar-refractivity contribution in [3.63, 3.8) is 0 Å². The summed E-state index contributed by atoms with van der Waals surface area (Å²) >= 11 is 0. The van der Waals surface area contributed by atoms with Gasteiger partial charge in [-0.3, -0.25) is 4.79 Å². The first kappa shape index (κ1) is 15.2. The van der Waals surface area contributed by atoms with E-state index in [2.05, 4.69) is 14.9 Å². The number of sulfonamides is 1. The number of ether oxygens (including phenoxy) is 1. The third kappa shape index (κ3) is 3.37. The summed E-state index contributed by atoms with van der Waals surface area (Å²) < 4.78 is 31.2. The molecule has 0 aromatic carbocycles. The Morgan fingerprint density at radius 1 is 1.32 bits per heavy atom. The van der Waals surface area contributed by atoms with Gasteiger partial charge in [0, 0.05) is 12.0 Å². The van der Waals surface area contributed by atoms with Crippen LogP contribution in [0.25, 0.3) is 0 Å². The van der Waals surface area contributed by atoms with E-state index in [-0.39, 0.29) is 17.4 Å². The molecule has 1 aromatic heterocycles. The smallest absolute Gasteiger partial charge is 0.285 e. The normalized spacial score (nSPS) is 18.6. The van der Waals surface area contributed by atoms with Crippen molar-refractivity contribution >= 4 is 15.9 Å². The van der Waals surface area contributed by atoms with Gasteiger partial charge in [-0.25, -0.2) is 13.1 Å². The zero-order chi connectivity index (χ0) is 15.7. The number of aromatic nitrogens is 2. The number of hydrogen-bond donors (Lipinski definition) is 1. The number of methoxy groups -OCH3 is 1. The molecule has 120 valence electrons. The zero-order valence-corrected chi connectivity index (χ0v) is 13.2. The van der Waals surface area contributed by atoms with Crippen LogP contribution in [0.1, 0.15) is 54.2 Å². The minimum atomic E-state index is -3.63. The van der Waals surface area contributed by atoms with Gasteiger partial charge in [0.2, 0.25) is 10.0 Å². The van der Waals surface area contributed by atoms with Gasteiger partial charge in [-0.05, 0) is 31.6 Å². The molecule has 1 amide bonds. The Kier molecular flexibility index (Phi) is 4.03. The van der Waals surface area contributed by atoms with Crippen LogP contribution in [0, 0.1) is 5.92 Å². The van der Waals surface area contributed by atoms with E-state index in [9.17, 15) is 13.2 Å². The molecule has 2 aliphatic carbocycles. The number of carbonyl (C=O) groups excluding carboxylic acids is 1. The van der Waals surface area contributed by atoms with Crippen molar-refractivity contribution < 1.29 is 17.9 Å². The fourth-order valence-electron chi connectivity index (χ4n) is 2.50. The van der Waals surface area contributed by atoms with Gasteiger partial charge in [0.1, 0.15) is 11.4 Å². The van der Waals surface area contributed by atoms with E-state index in [1.54, 1.807) is 0 Å². The molecule has 2 fully saturated rings. The lowest BCUT2D eigenvalue weighted by Crippen LogP contribution is -2.36. The number of nitrogens with one attached hydrogen (secondary N) is 1. The van der Waals surface area contributed by atoms with Crippen LogP contribution in [0.15, 0.2) is 6.07 Å². The van der Waals surface area contributed by atoms with Gasteiger partial charge in [-0.15, -0.1) is 5.10 Å². The third-order valence-electron chi connectivity index (χ3n) is 4.13. The zero-order valence-electron chi connectivity index (χ0n) is 12.4. The first-order valence-electron chi connectivity index (χ1n) is 7.45. The maximum Gasteiger partial charge on any atom is 0.285 e. The Balaban J connectivity index is 1.71. The lowest BCUT2D eigenvalue weighted by Gasteiger charge is -2.24. The molecule has 0 radical (unpaired) electrons. The molecule has 7 nitrogen and oxygen atoms in total. The molecule has 0 aliphatic heterocycles. The maximum atomic E-state index is 12.1. The summed E-state index contributed by atoms with van der Waals surface area (Å²) in [5.41, 5.74) is 0.690. The molecule has 3 rings (SSSR count). The first-order chi connectivity index (χ1) is 10.5. The van der Waals surface area contributed by atoms with Crippen molar-refractivity contribution in [1.29, 1.82) is 0 Å². The Hall–Kier alpha value is -1.70. The average Bonchev–Trinajstić information content (AvgIpc) is 3.26. The van der Waals surface area contributed by atoms with Crippen molar-refractivity contribution in [3.05, 3.63) is 17.5 Å². The summed E-state index contributed by atoms with van der Waals surface area (Å²) in [6.45, 7) is 0. The third-order valence-corrected chi connectivity index (χ3v) is 5.54. The predicted octanol–water partition coefficient (Wildman–Crippen LogP) is 1.22. The van der Waals surface area contributed by atoms with E-state index < -0.39 is 15.9 Å². The molecule has 1 aromatic rings. The highest BCUT2D eigenvalue weighted by molar-refractivity contribution is 7.90. The Bertz CT molecular complexity index is 681. The van der Waals surface area contributed by atoms with Crippen molar-refractivity contribution in [2.75, 3.05) is 12.9 Å². The molecular weight excluding hydrogens is 306 g/mol. The van der Waals surface area contributed by atoms with E-state index in [4.69, 9.17) is 4.74 Å². The van der Waals surface area contributed by atoms with E-state index in [1.165, 1.54) is 13.2 Å². The summed E-state index contributed by atoms with van der Waals surface area (Å²) in [5.74, 6) is 0.209. The van der Waals surface area contributed by atoms with Crippen LogP contribution in [0.4, 0.5) is 0 Å². The second-order valence-electron chi connectivity index (χ2n) is 5.97. The van der Waals surface area contributed by atoms with Crippen LogP contribution in [0.2, 0.25) is 0 Å². The van der Waals surface area contributed by atoms with Gasteiger partial charge in [-0.2, -0.15) is 5.10 Å². The van der Waals surface area contributed by atoms with Gasteiger partial charge in [0.05, 0.1) is 12.9 Å². The summed E-state index contributed by atoms with van der Waals surface area (Å²) in [5, 5.41) is 7.86. The molecule has 0 unspecified atom stereocenters. The minimum absolute atomic E-state index is 0.0105.